The molecule has 1 aliphatic rings. The van der Waals surface area contributed by atoms with Gasteiger partial charge in [0.25, 0.3) is 0 Å². The molecule has 1 unspecified atom stereocenters. The average molecular weight is 256 g/mol. The number of nitrogens with zero attached hydrogens (tertiary/aromatic N) is 2. The molecule has 2 aromatic rings. The molecule has 96 valence electrons. The first-order chi connectivity index (χ1) is 9.16. The van der Waals surface area contributed by atoms with E-state index in [9.17, 15) is 4.79 Å². The zero-order valence-corrected chi connectivity index (χ0v) is 10.3. The van der Waals surface area contributed by atoms with Crippen LogP contribution in [0.4, 0.5) is 0 Å². The number of carbonyl (C=O) groups is 1. The van der Waals surface area contributed by atoms with Gasteiger partial charge in [-0.15, -0.1) is 0 Å². The zero-order chi connectivity index (χ0) is 13.4. The molecule has 2 heterocycles. The van der Waals surface area contributed by atoms with Crippen LogP contribution in [0.15, 0.2) is 30.5 Å². The highest BCUT2D eigenvalue weighted by molar-refractivity contribution is 5.88. The molecule has 5 heteroatoms. The van der Waals surface area contributed by atoms with E-state index in [-0.39, 0.29) is 11.5 Å². The van der Waals surface area contributed by atoms with Crippen LogP contribution in [-0.2, 0) is 0 Å². The van der Waals surface area contributed by atoms with Gasteiger partial charge >= 0.3 is 5.97 Å². The summed E-state index contributed by atoms with van der Waals surface area (Å²) in [5.74, 6) is 0.411. The second kappa shape index (κ2) is 4.35. The number of hydrogen-bond acceptors (Lipinski definition) is 4. The first-order valence-electron chi connectivity index (χ1n) is 5.95. The predicted molar refractivity (Wildman–Crippen MR) is 67.5 cm³/mol. The lowest BCUT2D eigenvalue weighted by Gasteiger charge is -2.09. The lowest BCUT2D eigenvalue weighted by molar-refractivity contribution is 0.0695. The highest BCUT2D eigenvalue weighted by atomic mass is 16.5. The van der Waals surface area contributed by atoms with Gasteiger partial charge in [-0.1, -0.05) is 18.2 Å². The Morgan fingerprint density at radius 1 is 1.42 bits per heavy atom. The third-order valence-corrected chi connectivity index (χ3v) is 3.24. The van der Waals surface area contributed by atoms with Gasteiger partial charge in [0.15, 0.2) is 0 Å². The molecule has 1 atom stereocenters. The van der Waals surface area contributed by atoms with Crippen LogP contribution in [0.5, 0.6) is 5.75 Å². The Hall–Kier alpha value is -2.43. The Morgan fingerprint density at radius 3 is 2.95 bits per heavy atom. The molecule has 1 N–H and O–H groups in total. The maximum atomic E-state index is 10.9. The SMILES string of the molecule is Cc1nc(C2COc3ccccc32)ncc1C(=O)O. The normalized spacial score (nSPS) is 16.8. The van der Waals surface area contributed by atoms with Crippen LogP contribution in [-0.4, -0.2) is 27.7 Å². The fourth-order valence-corrected chi connectivity index (χ4v) is 2.24. The van der Waals surface area contributed by atoms with Crippen LogP contribution in [0.1, 0.15) is 33.4 Å². The summed E-state index contributed by atoms with van der Waals surface area (Å²) in [7, 11) is 0. The number of aromatic carboxylic acids is 1. The van der Waals surface area contributed by atoms with Gasteiger partial charge in [0.05, 0.1) is 17.2 Å². The molecule has 3 rings (SSSR count). The molecular weight excluding hydrogens is 244 g/mol. The number of aryl methyl sites for hydroxylation is 1. The number of rotatable bonds is 2. The summed E-state index contributed by atoms with van der Waals surface area (Å²) in [5.41, 5.74) is 1.66. The topological polar surface area (TPSA) is 72.3 Å². The predicted octanol–water partition coefficient (Wildman–Crippen LogP) is 2.01. The Kier molecular flexibility index (Phi) is 2.67. The minimum absolute atomic E-state index is 0.0299. The van der Waals surface area contributed by atoms with Crippen LogP contribution >= 0.6 is 0 Å². The fourth-order valence-electron chi connectivity index (χ4n) is 2.24. The van der Waals surface area contributed by atoms with E-state index in [1.807, 2.05) is 24.3 Å². The summed E-state index contributed by atoms with van der Waals surface area (Å²) in [6, 6.07) is 7.75. The molecule has 0 spiro atoms. The van der Waals surface area contributed by atoms with Crippen molar-refractivity contribution in [2.45, 2.75) is 12.8 Å². The molecule has 0 fully saturated rings. The Morgan fingerprint density at radius 2 is 2.21 bits per heavy atom. The van der Waals surface area contributed by atoms with E-state index in [0.29, 0.717) is 18.1 Å². The average Bonchev–Trinajstić information content (AvgIpc) is 2.82. The van der Waals surface area contributed by atoms with E-state index in [4.69, 9.17) is 9.84 Å². The molecule has 5 nitrogen and oxygen atoms in total. The maximum Gasteiger partial charge on any atom is 0.339 e. The zero-order valence-electron chi connectivity index (χ0n) is 10.3. The summed E-state index contributed by atoms with van der Waals surface area (Å²) >= 11 is 0. The lowest BCUT2D eigenvalue weighted by atomic mass is 10.0. The molecule has 0 radical (unpaired) electrons. The van der Waals surface area contributed by atoms with Crippen LogP contribution in [0.3, 0.4) is 0 Å². The molecule has 19 heavy (non-hydrogen) atoms. The third-order valence-electron chi connectivity index (χ3n) is 3.24. The number of hydrogen-bond donors (Lipinski definition) is 1. The van der Waals surface area contributed by atoms with Crippen LogP contribution < -0.4 is 4.74 Å². The standard InChI is InChI=1S/C14H12N2O3/c1-8-10(14(17)18)6-15-13(16-8)11-7-19-12-5-3-2-4-9(11)12/h2-6,11H,7H2,1H3,(H,17,18). The number of aromatic nitrogens is 2. The first kappa shape index (κ1) is 11.6. The third kappa shape index (κ3) is 1.93. The van der Waals surface area contributed by atoms with Crippen LogP contribution in [0, 0.1) is 6.92 Å². The highest BCUT2D eigenvalue weighted by Crippen LogP contribution is 2.36. The minimum atomic E-state index is -1.01. The molecule has 0 bridgehead atoms. The van der Waals surface area contributed by atoms with Gasteiger partial charge in [-0.25, -0.2) is 14.8 Å². The quantitative estimate of drug-likeness (QED) is 0.889. The molecule has 0 saturated carbocycles. The van der Waals surface area contributed by atoms with Gasteiger partial charge in [0.1, 0.15) is 18.2 Å². The molecule has 0 saturated heterocycles. The van der Waals surface area contributed by atoms with E-state index in [0.717, 1.165) is 11.3 Å². The first-order valence-corrected chi connectivity index (χ1v) is 5.95. The summed E-state index contributed by atoms with van der Waals surface area (Å²) in [5, 5.41) is 8.97. The largest absolute Gasteiger partial charge is 0.492 e. The Balaban J connectivity index is 2.01. The summed E-state index contributed by atoms with van der Waals surface area (Å²) in [4.78, 5) is 19.4. The second-order valence-electron chi connectivity index (χ2n) is 4.43. The summed E-state index contributed by atoms with van der Waals surface area (Å²) in [6.07, 6.45) is 1.36. The van der Waals surface area contributed by atoms with Crippen molar-refractivity contribution in [1.29, 1.82) is 0 Å². The van der Waals surface area contributed by atoms with Crippen molar-refractivity contribution in [3.05, 3.63) is 53.1 Å². The summed E-state index contributed by atoms with van der Waals surface area (Å²) in [6.45, 7) is 2.17. The minimum Gasteiger partial charge on any atom is -0.492 e. The van der Waals surface area contributed by atoms with Gasteiger partial charge in [0, 0.05) is 11.8 Å². The number of benzene rings is 1. The van der Waals surface area contributed by atoms with E-state index >= 15 is 0 Å². The number of carboxylic acid groups (broad SMARTS) is 1. The number of para-hydroxylation sites is 1. The lowest BCUT2D eigenvalue weighted by Crippen LogP contribution is -2.11. The van der Waals surface area contributed by atoms with Crippen molar-refractivity contribution < 1.29 is 14.6 Å². The Labute approximate surface area is 109 Å². The Bertz CT molecular complexity index is 655. The van der Waals surface area contributed by atoms with Crippen LogP contribution in [0.2, 0.25) is 0 Å². The van der Waals surface area contributed by atoms with Gasteiger partial charge in [-0.05, 0) is 13.0 Å². The van der Waals surface area contributed by atoms with Gasteiger partial charge in [-0.3, -0.25) is 0 Å². The smallest absolute Gasteiger partial charge is 0.339 e. The van der Waals surface area contributed by atoms with Crippen molar-refractivity contribution in [3.8, 4) is 5.75 Å². The van der Waals surface area contributed by atoms with Gasteiger partial charge in [0.2, 0.25) is 0 Å². The van der Waals surface area contributed by atoms with E-state index in [2.05, 4.69) is 9.97 Å². The second-order valence-corrected chi connectivity index (χ2v) is 4.43. The molecule has 1 aliphatic heterocycles. The van der Waals surface area contributed by atoms with E-state index < -0.39 is 5.97 Å². The molecule has 0 aliphatic carbocycles. The molecular formula is C14H12N2O3. The monoisotopic (exact) mass is 256 g/mol. The van der Waals surface area contributed by atoms with Crippen molar-refractivity contribution in [1.82, 2.24) is 9.97 Å². The van der Waals surface area contributed by atoms with Gasteiger partial charge in [-0.2, -0.15) is 0 Å². The van der Waals surface area contributed by atoms with E-state index in [1.54, 1.807) is 6.92 Å². The van der Waals surface area contributed by atoms with Crippen molar-refractivity contribution in [3.63, 3.8) is 0 Å². The van der Waals surface area contributed by atoms with Crippen molar-refractivity contribution >= 4 is 5.97 Å². The number of ether oxygens (including phenoxy) is 1. The summed E-state index contributed by atoms with van der Waals surface area (Å²) < 4.78 is 5.59. The number of fused-ring (bicyclic) bond motifs is 1. The number of carboxylic acids is 1. The molecule has 1 aromatic carbocycles. The van der Waals surface area contributed by atoms with Gasteiger partial charge < -0.3 is 9.84 Å². The molecule has 0 amide bonds. The van der Waals surface area contributed by atoms with E-state index in [1.165, 1.54) is 6.20 Å². The maximum absolute atomic E-state index is 10.9. The fraction of sp³-hybridized carbons (Fsp3) is 0.214. The van der Waals surface area contributed by atoms with Crippen LogP contribution in [0.25, 0.3) is 0 Å². The highest BCUT2D eigenvalue weighted by Gasteiger charge is 2.28. The van der Waals surface area contributed by atoms with Crippen molar-refractivity contribution in [2.75, 3.05) is 6.61 Å². The van der Waals surface area contributed by atoms with Crippen molar-refractivity contribution in [2.24, 2.45) is 0 Å². The molecule has 1 aromatic heterocycles.